The molecule has 0 fully saturated rings. The van der Waals surface area contributed by atoms with Crippen LogP contribution in [0.4, 0.5) is 0 Å². The molecule has 0 aliphatic carbocycles. The van der Waals surface area contributed by atoms with E-state index in [1.165, 1.54) is 0 Å². The minimum Gasteiger partial charge on any atom is -0.439 e. The third-order valence-electron chi connectivity index (χ3n) is 4.53. The molecule has 26 heavy (non-hydrogen) atoms. The Morgan fingerprint density at radius 2 is 1.92 bits per heavy atom. The summed E-state index contributed by atoms with van der Waals surface area (Å²) in [4.78, 5) is 16.8. The van der Waals surface area contributed by atoms with Crippen LogP contribution in [-0.4, -0.2) is 11.2 Å². The van der Waals surface area contributed by atoms with E-state index in [1.807, 2.05) is 54.8 Å². The minimum atomic E-state index is -0.562. The zero-order valence-electron chi connectivity index (χ0n) is 13.9. The lowest BCUT2D eigenvalue weighted by molar-refractivity contribution is 0.397. The molecule has 6 heteroatoms. The molecule has 1 aliphatic rings. The van der Waals surface area contributed by atoms with Crippen LogP contribution in [0, 0.1) is 11.3 Å². The van der Waals surface area contributed by atoms with Crippen molar-refractivity contribution in [3.63, 3.8) is 0 Å². The molecule has 1 aromatic heterocycles. The number of para-hydroxylation sites is 1. The number of aromatic amines is 1. The lowest BCUT2D eigenvalue weighted by Crippen LogP contribution is -2.27. The highest BCUT2D eigenvalue weighted by molar-refractivity contribution is 7.98. The van der Waals surface area contributed by atoms with Crippen LogP contribution in [0.25, 0.3) is 10.9 Å². The average Bonchev–Trinajstić information content (AvgIpc) is 2.67. The summed E-state index contributed by atoms with van der Waals surface area (Å²) >= 11 is 1.63. The Morgan fingerprint density at radius 1 is 1.19 bits per heavy atom. The van der Waals surface area contributed by atoms with Crippen molar-refractivity contribution in [3.8, 4) is 11.8 Å². The SMILES string of the molecule is CSc1ccc([C@@H]2C(C#N)=C(N)Oc3c2c(=O)[nH]c2ccccc32)cc1. The number of pyridine rings is 1. The van der Waals surface area contributed by atoms with E-state index in [0.29, 0.717) is 16.8 Å². The van der Waals surface area contributed by atoms with Crippen molar-refractivity contribution in [1.82, 2.24) is 4.98 Å². The van der Waals surface area contributed by atoms with Gasteiger partial charge in [-0.2, -0.15) is 5.26 Å². The van der Waals surface area contributed by atoms with Gasteiger partial charge in [-0.25, -0.2) is 0 Å². The molecule has 2 heterocycles. The second-order valence-electron chi connectivity index (χ2n) is 5.94. The van der Waals surface area contributed by atoms with Gasteiger partial charge in [0, 0.05) is 10.3 Å². The second kappa shape index (κ2) is 6.28. The Kier molecular flexibility index (Phi) is 3.94. The Bertz CT molecular complexity index is 1140. The number of nitriles is 1. The predicted molar refractivity (Wildman–Crippen MR) is 102 cm³/mol. The first-order valence-electron chi connectivity index (χ1n) is 8.00. The molecule has 2 aromatic carbocycles. The highest BCUT2D eigenvalue weighted by atomic mass is 32.2. The number of ether oxygens (including phenoxy) is 1. The summed E-state index contributed by atoms with van der Waals surface area (Å²) in [5.41, 5.74) is 7.92. The highest BCUT2D eigenvalue weighted by Crippen LogP contribution is 2.43. The maximum absolute atomic E-state index is 12.8. The number of benzene rings is 2. The maximum atomic E-state index is 12.8. The normalized spacial score (nSPS) is 16.1. The van der Waals surface area contributed by atoms with Gasteiger partial charge < -0.3 is 15.5 Å². The predicted octanol–water partition coefficient (Wildman–Crippen LogP) is 3.47. The second-order valence-corrected chi connectivity index (χ2v) is 6.82. The number of H-pyrrole nitrogens is 1. The number of thioether (sulfide) groups is 1. The van der Waals surface area contributed by atoms with Gasteiger partial charge in [0.25, 0.3) is 5.56 Å². The number of nitrogens with two attached hydrogens (primary N) is 1. The Morgan fingerprint density at radius 3 is 2.62 bits per heavy atom. The summed E-state index contributed by atoms with van der Waals surface area (Å²) in [6.07, 6.45) is 1.99. The molecule has 0 radical (unpaired) electrons. The Balaban J connectivity index is 2.03. The van der Waals surface area contributed by atoms with Gasteiger partial charge in [-0.05, 0) is 36.1 Å². The van der Waals surface area contributed by atoms with Gasteiger partial charge in [0.05, 0.1) is 17.0 Å². The van der Waals surface area contributed by atoms with Gasteiger partial charge in [-0.15, -0.1) is 11.8 Å². The molecule has 0 bridgehead atoms. The first-order valence-corrected chi connectivity index (χ1v) is 9.23. The van der Waals surface area contributed by atoms with Crippen molar-refractivity contribution in [2.75, 3.05) is 6.26 Å². The van der Waals surface area contributed by atoms with Crippen molar-refractivity contribution in [2.24, 2.45) is 5.73 Å². The van der Waals surface area contributed by atoms with Gasteiger partial charge in [-0.3, -0.25) is 4.79 Å². The highest BCUT2D eigenvalue weighted by Gasteiger charge is 2.34. The van der Waals surface area contributed by atoms with Gasteiger partial charge >= 0.3 is 0 Å². The molecule has 1 aliphatic heterocycles. The summed E-state index contributed by atoms with van der Waals surface area (Å²) in [7, 11) is 0. The van der Waals surface area contributed by atoms with E-state index < -0.39 is 5.92 Å². The van der Waals surface area contributed by atoms with Gasteiger partial charge in [0.2, 0.25) is 5.88 Å². The molecule has 3 aromatic rings. The van der Waals surface area contributed by atoms with Crippen LogP contribution in [0.15, 0.2) is 69.7 Å². The fourth-order valence-corrected chi connectivity index (χ4v) is 3.71. The molecule has 0 unspecified atom stereocenters. The summed E-state index contributed by atoms with van der Waals surface area (Å²) in [6, 6.07) is 17.3. The minimum absolute atomic E-state index is 0.0368. The van der Waals surface area contributed by atoms with Crippen molar-refractivity contribution in [2.45, 2.75) is 10.8 Å². The fraction of sp³-hybridized carbons (Fsp3) is 0.100. The number of rotatable bonds is 2. The monoisotopic (exact) mass is 361 g/mol. The third kappa shape index (κ3) is 2.45. The van der Waals surface area contributed by atoms with Crippen molar-refractivity contribution < 1.29 is 4.74 Å². The topological polar surface area (TPSA) is 91.9 Å². The van der Waals surface area contributed by atoms with Gasteiger partial charge in [0.1, 0.15) is 17.4 Å². The van der Waals surface area contributed by atoms with Crippen LogP contribution in [0.5, 0.6) is 5.75 Å². The summed E-state index contributed by atoms with van der Waals surface area (Å²) < 4.78 is 5.74. The van der Waals surface area contributed by atoms with E-state index in [9.17, 15) is 10.1 Å². The molecule has 5 nitrogen and oxygen atoms in total. The third-order valence-corrected chi connectivity index (χ3v) is 5.28. The zero-order valence-corrected chi connectivity index (χ0v) is 14.8. The summed E-state index contributed by atoms with van der Waals surface area (Å²) in [5, 5.41) is 10.4. The lowest BCUT2D eigenvalue weighted by atomic mass is 9.83. The standard InChI is InChI=1S/C20H15N3O2S/c1-26-12-8-6-11(7-9-12)16-14(10-21)19(22)25-18-13-4-2-3-5-15(13)23-20(24)17(16)18/h2-9,16H,22H2,1H3,(H,23,24)/t16-/m1/s1. The number of aromatic nitrogens is 1. The van der Waals surface area contributed by atoms with E-state index in [4.69, 9.17) is 10.5 Å². The Labute approximate surface area is 154 Å². The van der Waals surface area contributed by atoms with E-state index >= 15 is 0 Å². The molecule has 128 valence electrons. The van der Waals surface area contributed by atoms with E-state index in [2.05, 4.69) is 11.1 Å². The number of fused-ring (bicyclic) bond motifs is 3. The fourth-order valence-electron chi connectivity index (χ4n) is 3.30. The molecule has 0 spiro atoms. The van der Waals surface area contributed by atoms with Gasteiger partial charge in [0.15, 0.2) is 0 Å². The molecule has 3 N–H and O–H groups in total. The van der Waals surface area contributed by atoms with E-state index in [-0.39, 0.29) is 17.0 Å². The largest absolute Gasteiger partial charge is 0.439 e. The molecule has 4 rings (SSSR count). The number of allylic oxidation sites excluding steroid dienone is 1. The van der Waals surface area contributed by atoms with Crippen LogP contribution < -0.4 is 16.0 Å². The quantitative estimate of drug-likeness (QED) is 0.682. The Hall–Kier alpha value is -3.17. The van der Waals surface area contributed by atoms with Crippen LogP contribution in [0.3, 0.4) is 0 Å². The van der Waals surface area contributed by atoms with Crippen LogP contribution in [0.2, 0.25) is 0 Å². The van der Waals surface area contributed by atoms with E-state index in [0.717, 1.165) is 15.8 Å². The molecule has 1 atom stereocenters. The lowest BCUT2D eigenvalue weighted by Gasteiger charge is -2.26. The average molecular weight is 361 g/mol. The first-order chi connectivity index (χ1) is 12.6. The van der Waals surface area contributed by atoms with Crippen LogP contribution >= 0.6 is 11.8 Å². The molecule has 0 saturated carbocycles. The van der Waals surface area contributed by atoms with Crippen LogP contribution in [-0.2, 0) is 0 Å². The number of hydrogen-bond donors (Lipinski definition) is 2. The van der Waals surface area contributed by atoms with Gasteiger partial charge in [-0.1, -0.05) is 24.3 Å². The van der Waals surface area contributed by atoms with Crippen molar-refractivity contribution in [1.29, 1.82) is 5.26 Å². The van der Waals surface area contributed by atoms with Crippen molar-refractivity contribution in [3.05, 3.63) is 81.5 Å². The molecule has 0 amide bonds. The molecular weight excluding hydrogens is 346 g/mol. The molecule has 0 saturated heterocycles. The summed E-state index contributed by atoms with van der Waals surface area (Å²) in [5.74, 6) is -0.109. The summed E-state index contributed by atoms with van der Waals surface area (Å²) in [6.45, 7) is 0. The van der Waals surface area contributed by atoms with E-state index in [1.54, 1.807) is 11.8 Å². The van der Waals surface area contributed by atoms with Crippen molar-refractivity contribution >= 4 is 22.7 Å². The number of nitrogens with one attached hydrogen (secondary N) is 1. The zero-order chi connectivity index (χ0) is 18.3. The maximum Gasteiger partial charge on any atom is 0.256 e. The smallest absolute Gasteiger partial charge is 0.256 e. The first kappa shape index (κ1) is 16.3. The number of hydrogen-bond acceptors (Lipinski definition) is 5. The molecular formula is C20H15N3O2S. The van der Waals surface area contributed by atoms with Crippen LogP contribution in [0.1, 0.15) is 17.0 Å². The number of nitrogens with zero attached hydrogens (tertiary/aromatic N) is 1.